The fourth-order valence-corrected chi connectivity index (χ4v) is 3.06. The smallest absolute Gasteiger partial charge is 0.0968 e. The molecule has 1 aromatic heterocycles. The standard InChI is InChI=1S/C15H26N2S/c1-6-7-12(3)16-10-14(5)18-15-9-11(2)8-13(4)17-15/h8-9,12,14,16H,6-7,10H2,1-5H3. The Hall–Kier alpha value is -0.540. The molecule has 0 spiro atoms. The van der Waals surface area contributed by atoms with Gasteiger partial charge in [0.25, 0.3) is 0 Å². The van der Waals surface area contributed by atoms with Gasteiger partial charge in [0.05, 0.1) is 5.03 Å². The first kappa shape index (κ1) is 15.5. The van der Waals surface area contributed by atoms with Gasteiger partial charge in [-0.1, -0.05) is 20.3 Å². The van der Waals surface area contributed by atoms with E-state index in [9.17, 15) is 0 Å². The van der Waals surface area contributed by atoms with Crippen molar-refractivity contribution in [1.29, 1.82) is 0 Å². The minimum absolute atomic E-state index is 0.554. The summed E-state index contributed by atoms with van der Waals surface area (Å²) in [5.41, 5.74) is 2.40. The molecular formula is C15H26N2S. The van der Waals surface area contributed by atoms with E-state index in [2.05, 4.69) is 57.1 Å². The highest BCUT2D eigenvalue weighted by molar-refractivity contribution is 7.99. The maximum Gasteiger partial charge on any atom is 0.0968 e. The fourth-order valence-electron chi connectivity index (χ4n) is 2.01. The monoisotopic (exact) mass is 266 g/mol. The van der Waals surface area contributed by atoms with Gasteiger partial charge in [0.15, 0.2) is 0 Å². The van der Waals surface area contributed by atoms with Gasteiger partial charge in [0.1, 0.15) is 0 Å². The molecule has 2 atom stereocenters. The van der Waals surface area contributed by atoms with Gasteiger partial charge in [-0.05, 0) is 44.9 Å². The van der Waals surface area contributed by atoms with Crippen molar-refractivity contribution in [2.45, 2.75) is 63.8 Å². The Morgan fingerprint density at radius 2 is 2.00 bits per heavy atom. The Morgan fingerprint density at radius 1 is 1.28 bits per heavy atom. The third kappa shape index (κ3) is 5.87. The molecule has 1 aromatic rings. The van der Waals surface area contributed by atoms with Gasteiger partial charge in [-0.15, -0.1) is 11.8 Å². The lowest BCUT2D eigenvalue weighted by Gasteiger charge is -2.17. The lowest BCUT2D eigenvalue weighted by atomic mass is 10.2. The summed E-state index contributed by atoms with van der Waals surface area (Å²) in [5, 5.41) is 5.28. The number of aromatic nitrogens is 1. The number of hydrogen-bond donors (Lipinski definition) is 1. The Bertz CT molecular complexity index is 345. The predicted molar refractivity (Wildman–Crippen MR) is 81.4 cm³/mol. The third-order valence-electron chi connectivity index (χ3n) is 2.87. The van der Waals surface area contributed by atoms with Crippen LogP contribution in [0.2, 0.25) is 0 Å². The highest BCUT2D eigenvalue weighted by Gasteiger charge is 2.08. The second kappa shape index (κ2) is 7.80. The summed E-state index contributed by atoms with van der Waals surface area (Å²) >= 11 is 1.86. The van der Waals surface area contributed by atoms with Crippen molar-refractivity contribution in [1.82, 2.24) is 10.3 Å². The zero-order chi connectivity index (χ0) is 13.5. The summed E-state index contributed by atoms with van der Waals surface area (Å²) in [6.45, 7) is 12.0. The molecule has 0 aliphatic heterocycles. The molecule has 3 heteroatoms. The van der Waals surface area contributed by atoms with E-state index < -0.39 is 0 Å². The van der Waals surface area contributed by atoms with Crippen LogP contribution in [0.1, 0.15) is 44.9 Å². The molecule has 0 aliphatic rings. The second-order valence-corrected chi connectivity index (χ2v) is 6.61. The van der Waals surface area contributed by atoms with Crippen molar-refractivity contribution in [3.05, 3.63) is 23.4 Å². The highest BCUT2D eigenvalue weighted by atomic mass is 32.2. The van der Waals surface area contributed by atoms with Gasteiger partial charge in [-0.3, -0.25) is 0 Å². The van der Waals surface area contributed by atoms with Crippen molar-refractivity contribution in [3.63, 3.8) is 0 Å². The van der Waals surface area contributed by atoms with Crippen molar-refractivity contribution in [2.75, 3.05) is 6.54 Å². The fraction of sp³-hybridized carbons (Fsp3) is 0.667. The number of rotatable bonds is 7. The predicted octanol–water partition coefficient (Wildman–Crippen LogP) is 3.96. The lowest BCUT2D eigenvalue weighted by Crippen LogP contribution is -2.31. The van der Waals surface area contributed by atoms with Crippen LogP contribution in [0.5, 0.6) is 0 Å². The molecule has 1 rings (SSSR count). The average molecular weight is 266 g/mol. The van der Waals surface area contributed by atoms with Crippen molar-refractivity contribution in [2.24, 2.45) is 0 Å². The summed E-state index contributed by atoms with van der Waals surface area (Å²) < 4.78 is 0. The first-order valence-corrected chi connectivity index (χ1v) is 7.74. The molecule has 1 N–H and O–H groups in total. The minimum atomic E-state index is 0.554. The van der Waals surface area contributed by atoms with Gasteiger partial charge >= 0.3 is 0 Å². The summed E-state index contributed by atoms with van der Waals surface area (Å²) in [7, 11) is 0. The van der Waals surface area contributed by atoms with Crippen molar-refractivity contribution in [3.8, 4) is 0 Å². The largest absolute Gasteiger partial charge is 0.313 e. The molecule has 0 saturated carbocycles. The van der Waals surface area contributed by atoms with Gasteiger partial charge in [0, 0.05) is 23.5 Å². The van der Waals surface area contributed by atoms with E-state index in [-0.39, 0.29) is 0 Å². The molecule has 0 amide bonds. The molecule has 102 valence electrons. The molecule has 0 bridgehead atoms. The quantitative estimate of drug-likeness (QED) is 0.756. The van der Waals surface area contributed by atoms with E-state index in [0.29, 0.717) is 11.3 Å². The molecule has 0 fully saturated rings. The average Bonchev–Trinajstić information content (AvgIpc) is 2.25. The van der Waals surface area contributed by atoms with Crippen molar-refractivity contribution < 1.29 is 0 Å². The molecule has 1 heterocycles. The molecular weight excluding hydrogens is 240 g/mol. The van der Waals surface area contributed by atoms with Crippen LogP contribution < -0.4 is 5.32 Å². The van der Waals surface area contributed by atoms with E-state index in [1.54, 1.807) is 0 Å². The maximum atomic E-state index is 4.57. The minimum Gasteiger partial charge on any atom is -0.313 e. The van der Waals surface area contributed by atoms with E-state index in [4.69, 9.17) is 0 Å². The van der Waals surface area contributed by atoms with Crippen LogP contribution in [0, 0.1) is 13.8 Å². The van der Waals surface area contributed by atoms with Crippen LogP contribution >= 0.6 is 11.8 Å². The summed E-state index contributed by atoms with van der Waals surface area (Å²) in [4.78, 5) is 4.57. The van der Waals surface area contributed by atoms with Gasteiger partial charge in [-0.2, -0.15) is 0 Å². The van der Waals surface area contributed by atoms with Crippen LogP contribution in [0.4, 0.5) is 0 Å². The number of hydrogen-bond acceptors (Lipinski definition) is 3. The Kier molecular flexibility index (Phi) is 6.72. The summed E-state index contributed by atoms with van der Waals surface area (Å²) in [6.07, 6.45) is 2.49. The summed E-state index contributed by atoms with van der Waals surface area (Å²) in [6, 6.07) is 4.91. The maximum absolute atomic E-state index is 4.57. The van der Waals surface area contributed by atoms with Gasteiger partial charge in [-0.25, -0.2) is 4.98 Å². The van der Waals surface area contributed by atoms with Crippen LogP contribution in [-0.4, -0.2) is 22.8 Å². The number of nitrogens with one attached hydrogen (secondary N) is 1. The normalized spacial score (nSPS) is 14.5. The molecule has 2 unspecified atom stereocenters. The SMILES string of the molecule is CCCC(C)NCC(C)Sc1cc(C)cc(C)n1. The zero-order valence-electron chi connectivity index (χ0n) is 12.3. The van der Waals surface area contributed by atoms with Crippen LogP contribution in [0.3, 0.4) is 0 Å². The molecule has 0 radical (unpaired) electrons. The van der Waals surface area contributed by atoms with Gasteiger partial charge < -0.3 is 5.32 Å². The molecule has 0 saturated heterocycles. The van der Waals surface area contributed by atoms with Crippen LogP contribution in [-0.2, 0) is 0 Å². The third-order valence-corrected chi connectivity index (χ3v) is 3.89. The van der Waals surface area contributed by atoms with Crippen LogP contribution in [0.25, 0.3) is 0 Å². The lowest BCUT2D eigenvalue weighted by molar-refractivity contribution is 0.511. The van der Waals surface area contributed by atoms with Crippen LogP contribution in [0.15, 0.2) is 17.2 Å². The number of pyridine rings is 1. The number of nitrogens with zero attached hydrogens (tertiary/aromatic N) is 1. The number of aryl methyl sites for hydroxylation is 2. The Labute approximate surface area is 116 Å². The highest BCUT2D eigenvalue weighted by Crippen LogP contribution is 2.22. The first-order chi connectivity index (χ1) is 8.51. The second-order valence-electron chi connectivity index (χ2n) is 5.15. The van der Waals surface area contributed by atoms with Gasteiger partial charge in [0.2, 0.25) is 0 Å². The topological polar surface area (TPSA) is 24.9 Å². The molecule has 18 heavy (non-hydrogen) atoms. The molecule has 0 aromatic carbocycles. The zero-order valence-corrected chi connectivity index (χ0v) is 13.1. The van der Waals surface area contributed by atoms with Crippen molar-refractivity contribution >= 4 is 11.8 Å². The van der Waals surface area contributed by atoms with E-state index in [1.807, 2.05) is 11.8 Å². The molecule has 0 aliphatic carbocycles. The Balaban J connectivity index is 2.41. The first-order valence-electron chi connectivity index (χ1n) is 6.86. The van der Waals surface area contributed by atoms with E-state index in [0.717, 1.165) is 17.3 Å². The summed E-state index contributed by atoms with van der Waals surface area (Å²) in [5.74, 6) is 0. The molecule has 2 nitrogen and oxygen atoms in total. The number of thioether (sulfide) groups is 1. The Morgan fingerprint density at radius 3 is 2.61 bits per heavy atom. The van der Waals surface area contributed by atoms with E-state index >= 15 is 0 Å². The van der Waals surface area contributed by atoms with E-state index in [1.165, 1.54) is 18.4 Å².